The van der Waals surface area contributed by atoms with Crippen molar-refractivity contribution in [3.8, 4) is 0 Å². The van der Waals surface area contributed by atoms with Crippen molar-refractivity contribution in [2.75, 3.05) is 0 Å². The van der Waals surface area contributed by atoms with E-state index in [0.717, 1.165) is 17.2 Å². The number of hydrogen-bond acceptors (Lipinski definition) is 4. The third-order valence-corrected chi connectivity index (χ3v) is 2.89. The van der Waals surface area contributed by atoms with Crippen LogP contribution in [0.1, 0.15) is 43.2 Å². The summed E-state index contributed by atoms with van der Waals surface area (Å²) in [6, 6.07) is 2.13. The monoisotopic (exact) mass is 249 g/mol. The molecule has 0 aliphatic heterocycles. The second-order valence-corrected chi connectivity index (χ2v) is 4.77. The Balaban J connectivity index is 2.18. The zero-order chi connectivity index (χ0) is 13.3. The van der Waals surface area contributed by atoms with E-state index < -0.39 is 6.10 Å². The molecule has 0 saturated carbocycles. The molecule has 0 bridgehead atoms. The van der Waals surface area contributed by atoms with Crippen molar-refractivity contribution in [2.45, 2.75) is 39.3 Å². The Bertz CT molecular complexity index is 528. The van der Waals surface area contributed by atoms with Crippen molar-refractivity contribution < 1.29 is 5.11 Å². The molecule has 0 aliphatic carbocycles. The van der Waals surface area contributed by atoms with Gasteiger partial charge in [-0.25, -0.2) is 9.67 Å². The first-order valence-corrected chi connectivity index (χ1v) is 6.06. The highest BCUT2D eigenvalue weighted by atomic mass is 16.3. The zero-order valence-corrected chi connectivity index (χ0v) is 11.2. The van der Waals surface area contributed by atoms with Crippen LogP contribution in [0, 0.1) is 6.92 Å². The topological polar surface area (TPSA) is 68.8 Å². The summed E-state index contributed by atoms with van der Waals surface area (Å²) in [6.45, 7) is 5.99. The lowest BCUT2D eigenvalue weighted by atomic mass is 10.1. The molecule has 1 unspecified atom stereocenters. The summed E-state index contributed by atoms with van der Waals surface area (Å²) < 4.78 is 3.53. The molecule has 18 heavy (non-hydrogen) atoms. The summed E-state index contributed by atoms with van der Waals surface area (Å²) in [5.74, 6) is 0.788. The SMILES string of the molecule is Cc1cc(C(O)Cc2ncnn2C(C)C)n(C)n1. The van der Waals surface area contributed by atoms with Crippen LogP contribution in [-0.2, 0) is 13.5 Å². The standard InChI is InChI=1S/C12H19N5O/c1-8(2)17-12(13-7-14-17)6-11(18)10-5-9(3)15-16(10)4/h5,7-8,11,18H,6H2,1-4H3. The fourth-order valence-corrected chi connectivity index (χ4v) is 2.07. The van der Waals surface area contributed by atoms with Crippen LogP contribution in [-0.4, -0.2) is 29.7 Å². The van der Waals surface area contributed by atoms with Gasteiger partial charge in [-0.3, -0.25) is 4.68 Å². The van der Waals surface area contributed by atoms with E-state index in [1.54, 1.807) is 4.68 Å². The first kappa shape index (κ1) is 12.8. The molecule has 0 saturated heterocycles. The first-order chi connectivity index (χ1) is 8.49. The van der Waals surface area contributed by atoms with Crippen molar-refractivity contribution in [2.24, 2.45) is 7.05 Å². The maximum absolute atomic E-state index is 10.3. The Kier molecular flexibility index (Phi) is 3.47. The molecule has 0 radical (unpaired) electrons. The lowest BCUT2D eigenvalue weighted by Crippen LogP contribution is -2.14. The van der Waals surface area contributed by atoms with Crippen LogP contribution in [0.2, 0.25) is 0 Å². The normalized spacial score (nSPS) is 13.2. The van der Waals surface area contributed by atoms with Crippen LogP contribution < -0.4 is 0 Å². The van der Waals surface area contributed by atoms with Crippen LogP contribution in [0.15, 0.2) is 12.4 Å². The van der Waals surface area contributed by atoms with Crippen molar-refractivity contribution >= 4 is 0 Å². The highest BCUT2D eigenvalue weighted by molar-refractivity contribution is 5.12. The van der Waals surface area contributed by atoms with E-state index in [0.29, 0.717) is 6.42 Å². The van der Waals surface area contributed by atoms with Gasteiger partial charge in [0.1, 0.15) is 18.3 Å². The van der Waals surface area contributed by atoms with Crippen molar-refractivity contribution in [3.63, 3.8) is 0 Å². The Morgan fingerprint density at radius 2 is 2.11 bits per heavy atom. The summed E-state index contributed by atoms with van der Waals surface area (Å²) in [6.07, 6.45) is 1.35. The summed E-state index contributed by atoms with van der Waals surface area (Å²) >= 11 is 0. The number of aryl methyl sites for hydroxylation is 2. The Labute approximate surface area is 106 Å². The molecular weight excluding hydrogens is 230 g/mol. The quantitative estimate of drug-likeness (QED) is 0.883. The lowest BCUT2D eigenvalue weighted by Gasteiger charge is -2.13. The molecule has 1 N–H and O–H groups in total. The number of rotatable bonds is 4. The highest BCUT2D eigenvalue weighted by Crippen LogP contribution is 2.18. The summed E-state index contributed by atoms with van der Waals surface area (Å²) in [4.78, 5) is 4.20. The second-order valence-electron chi connectivity index (χ2n) is 4.77. The fraction of sp³-hybridized carbons (Fsp3) is 0.583. The molecule has 2 aromatic rings. The maximum Gasteiger partial charge on any atom is 0.138 e. The number of aliphatic hydroxyl groups is 1. The minimum atomic E-state index is -0.613. The molecular formula is C12H19N5O. The van der Waals surface area contributed by atoms with Gasteiger partial charge in [-0.05, 0) is 26.8 Å². The molecule has 0 fully saturated rings. The van der Waals surface area contributed by atoms with Crippen LogP contribution in [0.4, 0.5) is 0 Å². The van der Waals surface area contributed by atoms with E-state index in [4.69, 9.17) is 0 Å². The molecule has 0 spiro atoms. The van der Waals surface area contributed by atoms with Gasteiger partial charge in [0.05, 0.1) is 11.4 Å². The minimum Gasteiger partial charge on any atom is -0.386 e. The number of hydrogen-bond donors (Lipinski definition) is 1. The van der Waals surface area contributed by atoms with Gasteiger partial charge in [0.2, 0.25) is 0 Å². The summed E-state index contributed by atoms with van der Waals surface area (Å²) in [5.41, 5.74) is 1.70. The van der Waals surface area contributed by atoms with Crippen LogP contribution in [0.3, 0.4) is 0 Å². The van der Waals surface area contributed by atoms with Gasteiger partial charge >= 0.3 is 0 Å². The Morgan fingerprint density at radius 3 is 2.67 bits per heavy atom. The molecule has 2 heterocycles. The fourth-order valence-electron chi connectivity index (χ4n) is 2.07. The third kappa shape index (κ3) is 2.43. The van der Waals surface area contributed by atoms with E-state index in [-0.39, 0.29) is 6.04 Å². The van der Waals surface area contributed by atoms with E-state index in [9.17, 15) is 5.11 Å². The molecule has 2 rings (SSSR count). The van der Waals surface area contributed by atoms with E-state index in [2.05, 4.69) is 15.2 Å². The smallest absolute Gasteiger partial charge is 0.138 e. The van der Waals surface area contributed by atoms with Gasteiger partial charge in [0, 0.05) is 19.5 Å². The Hall–Kier alpha value is -1.69. The van der Waals surface area contributed by atoms with Crippen molar-refractivity contribution in [3.05, 3.63) is 29.6 Å². The summed E-state index contributed by atoms with van der Waals surface area (Å²) in [5, 5.41) is 18.6. The predicted molar refractivity (Wildman–Crippen MR) is 67.0 cm³/mol. The van der Waals surface area contributed by atoms with E-state index in [1.165, 1.54) is 6.33 Å². The average Bonchev–Trinajstić information content (AvgIpc) is 2.85. The second kappa shape index (κ2) is 4.89. The number of aliphatic hydroxyl groups excluding tert-OH is 1. The molecule has 0 amide bonds. The molecule has 2 aromatic heterocycles. The largest absolute Gasteiger partial charge is 0.386 e. The predicted octanol–water partition coefficient (Wildman–Crippen LogP) is 1.18. The molecule has 0 aliphatic rings. The number of nitrogens with zero attached hydrogens (tertiary/aromatic N) is 5. The van der Waals surface area contributed by atoms with E-state index in [1.807, 2.05) is 38.6 Å². The molecule has 0 aromatic carbocycles. The van der Waals surface area contributed by atoms with Crippen LogP contribution in [0.5, 0.6) is 0 Å². The zero-order valence-electron chi connectivity index (χ0n) is 11.2. The average molecular weight is 249 g/mol. The summed E-state index contributed by atoms with van der Waals surface area (Å²) in [7, 11) is 1.83. The van der Waals surface area contributed by atoms with Gasteiger partial charge in [0.15, 0.2) is 0 Å². The molecule has 6 heteroatoms. The molecule has 6 nitrogen and oxygen atoms in total. The first-order valence-electron chi connectivity index (χ1n) is 6.06. The van der Waals surface area contributed by atoms with Crippen LogP contribution in [0.25, 0.3) is 0 Å². The third-order valence-electron chi connectivity index (χ3n) is 2.89. The minimum absolute atomic E-state index is 0.239. The van der Waals surface area contributed by atoms with Gasteiger partial charge < -0.3 is 5.11 Å². The maximum atomic E-state index is 10.3. The van der Waals surface area contributed by atoms with Crippen LogP contribution >= 0.6 is 0 Å². The molecule has 98 valence electrons. The number of aromatic nitrogens is 5. The Morgan fingerprint density at radius 1 is 1.39 bits per heavy atom. The van der Waals surface area contributed by atoms with Crippen molar-refractivity contribution in [1.82, 2.24) is 24.5 Å². The van der Waals surface area contributed by atoms with Gasteiger partial charge in [-0.15, -0.1) is 0 Å². The van der Waals surface area contributed by atoms with Crippen molar-refractivity contribution in [1.29, 1.82) is 0 Å². The molecule has 1 atom stereocenters. The van der Waals surface area contributed by atoms with Gasteiger partial charge in [-0.1, -0.05) is 0 Å². The highest BCUT2D eigenvalue weighted by Gasteiger charge is 2.17. The van der Waals surface area contributed by atoms with Gasteiger partial charge in [0.25, 0.3) is 0 Å². The van der Waals surface area contributed by atoms with E-state index >= 15 is 0 Å². The van der Waals surface area contributed by atoms with Gasteiger partial charge in [-0.2, -0.15) is 10.2 Å². The lowest BCUT2D eigenvalue weighted by molar-refractivity contribution is 0.163.